The number of hydrogen-bond donors (Lipinski definition) is 1. The van der Waals surface area contributed by atoms with Crippen molar-refractivity contribution in [2.75, 3.05) is 31.8 Å². The predicted octanol–water partition coefficient (Wildman–Crippen LogP) is 1.10. The van der Waals surface area contributed by atoms with Gasteiger partial charge in [0.05, 0.1) is 31.8 Å². The Balaban J connectivity index is 1.70. The van der Waals surface area contributed by atoms with E-state index in [9.17, 15) is 22.8 Å². The maximum atomic E-state index is 13.9. The Kier molecular flexibility index (Phi) is 6.22. The Hall–Kier alpha value is -3.24. The molecule has 0 aromatic heterocycles. The SMILES string of the molecule is COC(=O)CN(CN1C(=O)NC(c2ccccc2)(c2ccccc2)C1=O)C1CCS(=O)(=O)C1. The minimum Gasteiger partial charge on any atom is -0.468 e. The number of hydrogen-bond acceptors (Lipinski definition) is 7. The van der Waals surface area contributed by atoms with Gasteiger partial charge in [-0.25, -0.2) is 18.1 Å². The van der Waals surface area contributed by atoms with E-state index in [1.165, 1.54) is 12.0 Å². The van der Waals surface area contributed by atoms with Gasteiger partial charge in [0.25, 0.3) is 5.91 Å². The molecule has 1 unspecified atom stereocenters. The highest BCUT2D eigenvalue weighted by molar-refractivity contribution is 7.91. The lowest BCUT2D eigenvalue weighted by Gasteiger charge is -2.31. The highest BCUT2D eigenvalue weighted by atomic mass is 32.2. The fraction of sp³-hybridized carbons (Fsp3) is 0.348. The van der Waals surface area contributed by atoms with Crippen LogP contribution in [-0.4, -0.2) is 74.0 Å². The normalized spacial score (nSPS) is 21.3. The monoisotopic (exact) mass is 471 g/mol. The smallest absolute Gasteiger partial charge is 0.326 e. The average Bonchev–Trinajstić information content (AvgIpc) is 3.31. The van der Waals surface area contributed by atoms with E-state index in [2.05, 4.69) is 5.32 Å². The topological polar surface area (TPSA) is 113 Å². The van der Waals surface area contributed by atoms with E-state index in [0.717, 1.165) is 4.90 Å². The minimum atomic E-state index is -3.25. The summed E-state index contributed by atoms with van der Waals surface area (Å²) in [7, 11) is -2.02. The summed E-state index contributed by atoms with van der Waals surface area (Å²) in [4.78, 5) is 41.6. The number of nitrogens with zero attached hydrogens (tertiary/aromatic N) is 2. The molecule has 0 spiro atoms. The first-order valence-electron chi connectivity index (χ1n) is 10.5. The predicted molar refractivity (Wildman–Crippen MR) is 120 cm³/mol. The molecule has 2 heterocycles. The van der Waals surface area contributed by atoms with Crippen LogP contribution in [0.5, 0.6) is 0 Å². The number of imide groups is 1. The number of ether oxygens (including phenoxy) is 1. The Bertz CT molecular complexity index is 1110. The van der Waals surface area contributed by atoms with Gasteiger partial charge in [-0.3, -0.25) is 14.5 Å². The van der Waals surface area contributed by atoms with E-state index in [0.29, 0.717) is 17.5 Å². The van der Waals surface area contributed by atoms with Crippen molar-refractivity contribution in [2.45, 2.75) is 18.0 Å². The zero-order valence-corrected chi connectivity index (χ0v) is 19.0. The van der Waals surface area contributed by atoms with Crippen molar-refractivity contribution in [3.63, 3.8) is 0 Å². The standard InChI is InChI=1S/C23H25N3O6S/c1-32-20(27)14-25(19-12-13-33(30,31)15-19)16-26-21(28)23(24-22(26)29,17-8-4-2-5-9-17)18-10-6-3-7-11-18/h2-11,19H,12-16H2,1H3,(H,24,29). The summed E-state index contributed by atoms with van der Waals surface area (Å²) in [6.07, 6.45) is 0.311. The summed E-state index contributed by atoms with van der Waals surface area (Å²) in [5.41, 5.74) is -0.238. The van der Waals surface area contributed by atoms with Gasteiger partial charge in [0.1, 0.15) is 0 Å². The second kappa shape index (κ2) is 8.95. The van der Waals surface area contributed by atoms with Crippen molar-refractivity contribution < 1.29 is 27.5 Å². The average molecular weight is 472 g/mol. The molecular formula is C23H25N3O6S. The fourth-order valence-electron chi connectivity index (χ4n) is 4.41. The largest absolute Gasteiger partial charge is 0.468 e. The molecule has 174 valence electrons. The van der Waals surface area contributed by atoms with Crippen LogP contribution in [0.1, 0.15) is 17.5 Å². The van der Waals surface area contributed by atoms with E-state index in [1.807, 2.05) is 12.1 Å². The van der Waals surface area contributed by atoms with Gasteiger partial charge < -0.3 is 10.1 Å². The molecule has 2 aromatic carbocycles. The third kappa shape index (κ3) is 4.36. The molecule has 9 nitrogen and oxygen atoms in total. The zero-order chi connectivity index (χ0) is 23.6. The number of urea groups is 1. The summed E-state index contributed by atoms with van der Waals surface area (Å²) >= 11 is 0. The van der Waals surface area contributed by atoms with Gasteiger partial charge in [0.15, 0.2) is 15.4 Å². The minimum absolute atomic E-state index is 0.00650. The second-order valence-corrected chi connectivity index (χ2v) is 10.4. The number of rotatable bonds is 7. The van der Waals surface area contributed by atoms with Gasteiger partial charge in [0, 0.05) is 6.04 Å². The van der Waals surface area contributed by atoms with E-state index in [-0.39, 0.29) is 24.7 Å². The van der Waals surface area contributed by atoms with Crippen LogP contribution in [0, 0.1) is 0 Å². The molecule has 0 aliphatic carbocycles. The Morgan fingerprint density at radius 2 is 1.67 bits per heavy atom. The third-order valence-corrected chi connectivity index (χ3v) is 7.88. The maximum absolute atomic E-state index is 13.9. The third-order valence-electron chi connectivity index (χ3n) is 6.13. The molecule has 2 saturated heterocycles. The zero-order valence-electron chi connectivity index (χ0n) is 18.1. The first-order valence-corrected chi connectivity index (χ1v) is 12.4. The number of amides is 3. The fourth-order valence-corrected chi connectivity index (χ4v) is 6.17. The van der Waals surface area contributed by atoms with Crippen LogP contribution >= 0.6 is 0 Å². The molecule has 1 N–H and O–H groups in total. The Labute approximate surface area is 192 Å². The molecule has 2 aliphatic heterocycles. The van der Waals surface area contributed by atoms with E-state index >= 15 is 0 Å². The van der Waals surface area contributed by atoms with Gasteiger partial charge in [-0.2, -0.15) is 0 Å². The number of esters is 1. The summed E-state index contributed by atoms with van der Waals surface area (Å²) in [5, 5.41) is 2.86. The van der Waals surface area contributed by atoms with Crippen molar-refractivity contribution in [2.24, 2.45) is 0 Å². The highest BCUT2D eigenvalue weighted by Crippen LogP contribution is 2.36. The number of nitrogens with one attached hydrogen (secondary N) is 1. The Morgan fingerprint density at radius 1 is 1.09 bits per heavy atom. The molecule has 4 rings (SSSR count). The molecule has 1 atom stereocenters. The number of carbonyl (C=O) groups is 3. The molecule has 0 bridgehead atoms. The van der Waals surface area contributed by atoms with Crippen molar-refractivity contribution in [1.82, 2.24) is 15.1 Å². The van der Waals surface area contributed by atoms with Crippen molar-refractivity contribution >= 4 is 27.7 Å². The summed E-state index contributed by atoms with van der Waals surface area (Å²) < 4.78 is 28.8. The molecule has 2 aliphatic rings. The first kappa shape index (κ1) is 22.9. The van der Waals surface area contributed by atoms with Crippen molar-refractivity contribution in [3.05, 3.63) is 71.8 Å². The van der Waals surface area contributed by atoms with Gasteiger partial charge in [0.2, 0.25) is 0 Å². The van der Waals surface area contributed by atoms with Gasteiger partial charge in [-0.15, -0.1) is 0 Å². The highest BCUT2D eigenvalue weighted by Gasteiger charge is 2.54. The summed E-state index contributed by atoms with van der Waals surface area (Å²) in [6.45, 7) is -0.473. The van der Waals surface area contributed by atoms with Crippen LogP contribution in [0.4, 0.5) is 4.79 Å². The molecule has 0 radical (unpaired) electrons. The lowest BCUT2D eigenvalue weighted by Crippen LogP contribution is -2.50. The molecule has 0 saturated carbocycles. The van der Waals surface area contributed by atoms with Crippen LogP contribution in [0.15, 0.2) is 60.7 Å². The van der Waals surface area contributed by atoms with Crippen LogP contribution in [0.3, 0.4) is 0 Å². The number of carbonyl (C=O) groups excluding carboxylic acids is 3. The second-order valence-electron chi connectivity index (χ2n) is 8.17. The van der Waals surface area contributed by atoms with Gasteiger partial charge in [-0.05, 0) is 17.5 Å². The van der Waals surface area contributed by atoms with Crippen LogP contribution in [-0.2, 0) is 29.7 Å². The molecule has 33 heavy (non-hydrogen) atoms. The molecule has 10 heteroatoms. The molecule has 2 fully saturated rings. The van der Waals surface area contributed by atoms with Crippen LogP contribution in [0.2, 0.25) is 0 Å². The van der Waals surface area contributed by atoms with Crippen LogP contribution < -0.4 is 5.32 Å². The lowest BCUT2D eigenvalue weighted by atomic mass is 9.83. The first-order chi connectivity index (χ1) is 15.8. The maximum Gasteiger partial charge on any atom is 0.326 e. The summed E-state index contributed by atoms with van der Waals surface area (Å²) in [6, 6.07) is 16.7. The van der Waals surface area contributed by atoms with Gasteiger partial charge in [-0.1, -0.05) is 60.7 Å². The van der Waals surface area contributed by atoms with Gasteiger partial charge >= 0.3 is 12.0 Å². The summed E-state index contributed by atoms with van der Waals surface area (Å²) in [5.74, 6) is -1.23. The molecule has 2 aromatic rings. The lowest BCUT2D eigenvalue weighted by molar-refractivity contribution is -0.144. The van der Waals surface area contributed by atoms with Crippen molar-refractivity contribution in [3.8, 4) is 0 Å². The molecular weight excluding hydrogens is 446 g/mol. The number of benzene rings is 2. The molecule has 3 amide bonds. The van der Waals surface area contributed by atoms with E-state index in [1.54, 1.807) is 48.5 Å². The van der Waals surface area contributed by atoms with Crippen molar-refractivity contribution in [1.29, 1.82) is 0 Å². The Morgan fingerprint density at radius 3 is 2.15 bits per heavy atom. The quantitative estimate of drug-likeness (QED) is 0.475. The van der Waals surface area contributed by atoms with Crippen LogP contribution in [0.25, 0.3) is 0 Å². The van der Waals surface area contributed by atoms with E-state index in [4.69, 9.17) is 4.74 Å². The number of sulfone groups is 1. The van der Waals surface area contributed by atoms with E-state index < -0.39 is 39.3 Å². The number of methoxy groups -OCH3 is 1.